The normalized spacial score (nSPS) is 35.3. The highest BCUT2D eigenvalue weighted by Gasteiger charge is 2.51. The number of hydrogen-bond acceptors (Lipinski definition) is 2. The Morgan fingerprint density at radius 2 is 2.12 bits per heavy atom. The molecule has 0 unspecified atom stereocenters. The average molecular weight is 353 g/mol. The molecule has 3 aliphatic carbocycles. The van der Waals surface area contributed by atoms with Crippen LogP contribution in [-0.4, -0.2) is 17.0 Å². The van der Waals surface area contributed by atoms with Crippen LogP contribution >= 0.6 is 0 Å². The van der Waals surface area contributed by atoms with Gasteiger partial charge in [0.2, 0.25) is 0 Å². The van der Waals surface area contributed by atoms with Gasteiger partial charge >= 0.3 is 0 Å². The van der Waals surface area contributed by atoms with Gasteiger partial charge in [-0.2, -0.15) is 0 Å². The summed E-state index contributed by atoms with van der Waals surface area (Å²) in [5, 5.41) is 11.0. The molecule has 0 aromatic heterocycles. The highest BCUT2D eigenvalue weighted by atomic mass is 16.3. The Morgan fingerprint density at radius 1 is 1.38 bits per heavy atom. The number of ketones is 1. The van der Waals surface area contributed by atoms with Crippen LogP contribution in [0.15, 0.2) is 59.3 Å². The topological polar surface area (TPSA) is 37.3 Å². The Morgan fingerprint density at radius 3 is 2.77 bits per heavy atom. The smallest absolute Gasteiger partial charge is 0.182 e. The van der Waals surface area contributed by atoms with E-state index >= 15 is 0 Å². The minimum absolute atomic E-state index is 0.00898. The van der Waals surface area contributed by atoms with Crippen molar-refractivity contribution in [3.05, 3.63) is 59.3 Å². The molecule has 0 aliphatic heterocycles. The lowest BCUT2D eigenvalue weighted by atomic mass is 9.55. The summed E-state index contributed by atoms with van der Waals surface area (Å²) in [6.45, 7) is 12.7. The minimum Gasteiger partial charge on any atom is -0.392 e. The number of allylic oxidation sites excluding steroid dienone is 8. The van der Waals surface area contributed by atoms with Crippen LogP contribution in [0.1, 0.15) is 59.8 Å². The van der Waals surface area contributed by atoms with Crippen LogP contribution in [0.25, 0.3) is 0 Å². The van der Waals surface area contributed by atoms with Gasteiger partial charge in [-0.1, -0.05) is 50.6 Å². The van der Waals surface area contributed by atoms with Gasteiger partial charge in [0.25, 0.3) is 0 Å². The third kappa shape index (κ3) is 2.89. The van der Waals surface area contributed by atoms with Crippen LogP contribution in [0.3, 0.4) is 0 Å². The second-order valence-electron chi connectivity index (χ2n) is 8.88. The van der Waals surface area contributed by atoms with Crippen LogP contribution in [-0.2, 0) is 4.79 Å². The van der Waals surface area contributed by atoms with Gasteiger partial charge < -0.3 is 5.11 Å². The van der Waals surface area contributed by atoms with Crippen molar-refractivity contribution >= 4 is 5.78 Å². The van der Waals surface area contributed by atoms with Gasteiger partial charge in [-0.05, 0) is 67.6 Å². The number of rotatable bonds is 3. The van der Waals surface area contributed by atoms with E-state index in [-0.39, 0.29) is 22.5 Å². The van der Waals surface area contributed by atoms with Crippen LogP contribution in [0.2, 0.25) is 0 Å². The van der Waals surface area contributed by atoms with Gasteiger partial charge in [-0.25, -0.2) is 0 Å². The SMILES string of the molecule is C=CC[C@@]12C(=CC(=O)/C(=C/C3=C(C)C=CCC3(C)C)[C@@H]1C)CCC[C@@H]2O. The van der Waals surface area contributed by atoms with Gasteiger partial charge in [0.1, 0.15) is 0 Å². The van der Waals surface area contributed by atoms with Gasteiger partial charge in [-0.15, -0.1) is 6.58 Å². The van der Waals surface area contributed by atoms with E-state index in [4.69, 9.17) is 0 Å². The molecule has 140 valence electrons. The first-order valence-corrected chi connectivity index (χ1v) is 9.88. The van der Waals surface area contributed by atoms with E-state index in [0.29, 0.717) is 6.42 Å². The van der Waals surface area contributed by atoms with Crippen molar-refractivity contribution in [2.75, 3.05) is 0 Å². The van der Waals surface area contributed by atoms with Crippen molar-refractivity contribution < 1.29 is 9.90 Å². The zero-order chi connectivity index (χ0) is 19.1. The molecular weight excluding hydrogens is 320 g/mol. The van der Waals surface area contributed by atoms with Gasteiger partial charge in [-0.3, -0.25) is 4.79 Å². The quantitative estimate of drug-likeness (QED) is 0.540. The lowest BCUT2D eigenvalue weighted by Crippen LogP contribution is -2.48. The van der Waals surface area contributed by atoms with E-state index in [9.17, 15) is 9.90 Å². The van der Waals surface area contributed by atoms with Crippen LogP contribution < -0.4 is 0 Å². The molecule has 1 N–H and O–H groups in total. The summed E-state index contributed by atoms with van der Waals surface area (Å²) in [5.74, 6) is 0.109. The van der Waals surface area contributed by atoms with E-state index < -0.39 is 6.10 Å². The van der Waals surface area contributed by atoms with Crippen molar-refractivity contribution in [3.63, 3.8) is 0 Å². The van der Waals surface area contributed by atoms with Crippen molar-refractivity contribution in [2.45, 2.75) is 65.9 Å². The van der Waals surface area contributed by atoms with E-state index in [1.54, 1.807) is 0 Å². The van der Waals surface area contributed by atoms with Crippen LogP contribution in [0.4, 0.5) is 0 Å². The Labute approximate surface area is 158 Å². The summed E-state index contributed by atoms with van der Waals surface area (Å²) < 4.78 is 0. The Bertz CT molecular complexity index is 744. The van der Waals surface area contributed by atoms with Gasteiger partial charge in [0.15, 0.2) is 5.78 Å². The molecule has 0 bridgehead atoms. The van der Waals surface area contributed by atoms with Crippen LogP contribution in [0, 0.1) is 16.7 Å². The zero-order valence-corrected chi connectivity index (χ0v) is 16.6. The summed E-state index contributed by atoms with van der Waals surface area (Å²) in [5.41, 5.74) is 4.08. The fourth-order valence-electron chi connectivity index (χ4n) is 5.30. The monoisotopic (exact) mass is 352 g/mol. The first-order chi connectivity index (χ1) is 12.2. The average Bonchev–Trinajstić information content (AvgIpc) is 2.56. The van der Waals surface area contributed by atoms with E-state index in [2.05, 4.69) is 52.5 Å². The zero-order valence-electron chi connectivity index (χ0n) is 16.6. The highest BCUT2D eigenvalue weighted by molar-refractivity contribution is 6.06. The molecule has 2 nitrogen and oxygen atoms in total. The highest BCUT2D eigenvalue weighted by Crippen LogP contribution is 2.54. The third-order valence-corrected chi connectivity index (χ3v) is 6.88. The standard InChI is InChI=1S/C24H32O2/c1-6-12-24-17(3)19(15-20-16(2)9-8-13-23(20,4)5)21(25)14-18(24)10-7-11-22(24)26/h6,8-9,14-15,17,22,26H,1,7,10-13H2,2-5H3/b19-15+/t17-,22-,24-/m0/s1. The molecule has 0 saturated heterocycles. The van der Waals surface area contributed by atoms with E-state index in [1.807, 2.05) is 12.2 Å². The number of fused-ring (bicyclic) bond motifs is 1. The Hall–Kier alpha value is -1.67. The summed E-state index contributed by atoms with van der Waals surface area (Å²) in [6, 6.07) is 0. The molecule has 0 radical (unpaired) electrons. The predicted molar refractivity (Wildman–Crippen MR) is 108 cm³/mol. The molecule has 0 amide bonds. The first-order valence-electron chi connectivity index (χ1n) is 9.88. The summed E-state index contributed by atoms with van der Waals surface area (Å²) in [6.07, 6.45) is 14.2. The summed E-state index contributed by atoms with van der Waals surface area (Å²) in [4.78, 5) is 13.0. The number of carbonyl (C=O) groups is 1. The Kier molecular flexibility index (Phi) is 5.00. The molecule has 3 atom stereocenters. The molecule has 0 aromatic rings. The molecule has 1 saturated carbocycles. The second kappa shape index (κ2) is 6.81. The van der Waals surface area contributed by atoms with E-state index in [1.165, 1.54) is 11.1 Å². The first kappa shape index (κ1) is 19.1. The van der Waals surface area contributed by atoms with Gasteiger partial charge in [0, 0.05) is 11.0 Å². The maximum Gasteiger partial charge on any atom is 0.182 e. The number of aliphatic hydroxyl groups excluding tert-OH is 1. The molecule has 0 heterocycles. The Balaban J connectivity index is 2.15. The lowest BCUT2D eigenvalue weighted by molar-refractivity contribution is -0.114. The third-order valence-electron chi connectivity index (χ3n) is 6.88. The molecule has 0 spiro atoms. The lowest BCUT2D eigenvalue weighted by Gasteiger charge is -2.50. The molecule has 1 fully saturated rings. The van der Waals surface area contributed by atoms with Crippen LogP contribution in [0.5, 0.6) is 0 Å². The molecule has 26 heavy (non-hydrogen) atoms. The summed E-state index contributed by atoms with van der Waals surface area (Å²) >= 11 is 0. The fraction of sp³-hybridized carbons (Fsp3) is 0.542. The number of hydrogen-bond donors (Lipinski definition) is 1. The van der Waals surface area contributed by atoms with Gasteiger partial charge in [0.05, 0.1) is 6.10 Å². The van der Waals surface area contributed by atoms with Crippen molar-refractivity contribution in [1.82, 2.24) is 0 Å². The molecule has 3 aliphatic rings. The molecule has 3 rings (SSSR count). The minimum atomic E-state index is -0.415. The van der Waals surface area contributed by atoms with Crippen molar-refractivity contribution in [1.29, 1.82) is 0 Å². The van der Waals surface area contributed by atoms with Crippen molar-refractivity contribution in [2.24, 2.45) is 16.7 Å². The maximum absolute atomic E-state index is 13.0. The number of aliphatic hydroxyl groups is 1. The second-order valence-corrected chi connectivity index (χ2v) is 8.88. The summed E-state index contributed by atoms with van der Waals surface area (Å²) in [7, 11) is 0. The maximum atomic E-state index is 13.0. The number of carbonyl (C=O) groups excluding carboxylic acids is 1. The fourth-order valence-corrected chi connectivity index (χ4v) is 5.30. The van der Waals surface area contributed by atoms with Crippen molar-refractivity contribution in [3.8, 4) is 0 Å². The molecule has 2 heteroatoms. The predicted octanol–water partition coefficient (Wildman–Crippen LogP) is 5.47. The molecular formula is C24H32O2. The van der Waals surface area contributed by atoms with E-state index in [0.717, 1.165) is 36.8 Å². The molecule has 0 aromatic carbocycles. The largest absolute Gasteiger partial charge is 0.392 e.